The van der Waals surface area contributed by atoms with Gasteiger partial charge in [0, 0.05) is 0 Å². The van der Waals surface area contributed by atoms with Crippen molar-refractivity contribution >= 4 is 11.8 Å². The highest BCUT2D eigenvalue weighted by Crippen LogP contribution is 2.21. The molecule has 0 aliphatic rings. The number of carbonyl (C=O) groups excluding carboxylic acids is 1. The number of aryl methyl sites for hydroxylation is 1. The number of ether oxygens (including phenoxy) is 1. The van der Waals surface area contributed by atoms with Gasteiger partial charge in [0.15, 0.2) is 5.82 Å². The fourth-order valence-corrected chi connectivity index (χ4v) is 1.12. The minimum atomic E-state index is -0.876. The smallest absolute Gasteiger partial charge is 0.412 e. The summed E-state index contributed by atoms with van der Waals surface area (Å²) < 4.78 is 31.4. The summed E-state index contributed by atoms with van der Waals surface area (Å²) in [6.07, 6.45) is -1.23. The summed E-state index contributed by atoms with van der Waals surface area (Å²) in [5, 5.41) is 2.04. The molecule has 0 aromatic heterocycles. The lowest BCUT2D eigenvalue weighted by atomic mass is 10.2. The second-order valence-corrected chi connectivity index (χ2v) is 3.63. The summed E-state index contributed by atoms with van der Waals surface area (Å²) in [7, 11) is 0. The molecule has 0 saturated heterocycles. The molecule has 3 nitrogen and oxygen atoms in total. The molecule has 0 bridgehead atoms. The lowest BCUT2D eigenvalue weighted by molar-refractivity contribution is 0.129. The maximum Gasteiger partial charge on any atom is 0.412 e. The molecule has 1 aromatic carbocycles. The molecule has 1 N–H and O–H groups in total. The number of amides is 1. The van der Waals surface area contributed by atoms with Crippen LogP contribution in [-0.2, 0) is 4.74 Å². The molecule has 0 unspecified atom stereocenters. The standard InChI is InChI=1S/C11H13F2NO2/c1-6(2)16-11(15)14-10-8(12)5-4-7(3)9(10)13/h4-6H,1-3H3,(H,14,15). The van der Waals surface area contributed by atoms with Crippen LogP contribution in [0.5, 0.6) is 0 Å². The predicted octanol–water partition coefficient (Wildman–Crippen LogP) is 3.23. The van der Waals surface area contributed by atoms with E-state index < -0.39 is 23.4 Å². The molecular formula is C11H13F2NO2. The molecule has 0 spiro atoms. The number of hydrogen-bond donors (Lipinski definition) is 1. The third kappa shape index (κ3) is 2.92. The molecular weight excluding hydrogens is 216 g/mol. The van der Waals surface area contributed by atoms with E-state index in [2.05, 4.69) is 0 Å². The van der Waals surface area contributed by atoms with E-state index in [4.69, 9.17) is 4.74 Å². The molecule has 5 heteroatoms. The Morgan fingerprint density at radius 2 is 2.00 bits per heavy atom. The number of anilines is 1. The molecule has 0 atom stereocenters. The Hall–Kier alpha value is -1.65. The first-order chi connectivity index (χ1) is 7.41. The minimum Gasteiger partial charge on any atom is -0.447 e. The Balaban J connectivity index is 2.88. The van der Waals surface area contributed by atoms with Gasteiger partial charge in [-0.2, -0.15) is 0 Å². The van der Waals surface area contributed by atoms with Crippen LogP contribution in [0.3, 0.4) is 0 Å². The number of rotatable bonds is 2. The van der Waals surface area contributed by atoms with Crippen molar-refractivity contribution < 1.29 is 18.3 Å². The Labute approximate surface area is 92.4 Å². The van der Waals surface area contributed by atoms with Gasteiger partial charge in [0.25, 0.3) is 0 Å². The molecule has 0 fully saturated rings. The zero-order chi connectivity index (χ0) is 12.3. The van der Waals surface area contributed by atoms with Crippen LogP contribution in [-0.4, -0.2) is 12.2 Å². The number of halogens is 2. The van der Waals surface area contributed by atoms with Gasteiger partial charge in [0.05, 0.1) is 6.10 Å². The number of carbonyl (C=O) groups is 1. The van der Waals surface area contributed by atoms with Crippen molar-refractivity contribution in [1.29, 1.82) is 0 Å². The lowest BCUT2D eigenvalue weighted by Crippen LogP contribution is -2.19. The van der Waals surface area contributed by atoms with Crippen molar-refractivity contribution in [3.05, 3.63) is 29.3 Å². The van der Waals surface area contributed by atoms with E-state index in [1.54, 1.807) is 13.8 Å². The molecule has 1 aromatic rings. The summed E-state index contributed by atoms with van der Waals surface area (Å²) in [6.45, 7) is 4.76. The van der Waals surface area contributed by atoms with Crippen LogP contribution in [0.2, 0.25) is 0 Å². The van der Waals surface area contributed by atoms with E-state index in [0.29, 0.717) is 0 Å². The first-order valence-corrected chi connectivity index (χ1v) is 4.84. The van der Waals surface area contributed by atoms with Crippen molar-refractivity contribution in [1.82, 2.24) is 0 Å². The van der Waals surface area contributed by atoms with Crippen molar-refractivity contribution in [2.75, 3.05) is 5.32 Å². The second-order valence-electron chi connectivity index (χ2n) is 3.63. The first kappa shape index (κ1) is 12.4. The molecule has 1 amide bonds. The third-order valence-corrected chi connectivity index (χ3v) is 1.85. The maximum atomic E-state index is 13.4. The Morgan fingerprint density at radius 1 is 1.38 bits per heavy atom. The van der Waals surface area contributed by atoms with E-state index in [9.17, 15) is 13.6 Å². The van der Waals surface area contributed by atoms with Gasteiger partial charge in [-0.25, -0.2) is 13.6 Å². The van der Waals surface area contributed by atoms with Gasteiger partial charge in [-0.1, -0.05) is 6.07 Å². The molecule has 0 radical (unpaired) electrons. The average Bonchev–Trinajstić information content (AvgIpc) is 2.17. The largest absolute Gasteiger partial charge is 0.447 e. The molecule has 0 aliphatic heterocycles. The highest BCUT2D eigenvalue weighted by atomic mass is 19.1. The first-order valence-electron chi connectivity index (χ1n) is 4.84. The van der Waals surface area contributed by atoms with Crippen LogP contribution in [0, 0.1) is 18.6 Å². The van der Waals surface area contributed by atoms with Crippen LogP contribution >= 0.6 is 0 Å². The van der Waals surface area contributed by atoms with Gasteiger partial charge < -0.3 is 4.74 Å². The van der Waals surface area contributed by atoms with Crippen LogP contribution in [0.15, 0.2) is 12.1 Å². The number of hydrogen-bond acceptors (Lipinski definition) is 2. The second kappa shape index (κ2) is 4.92. The van der Waals surface area contributed by atoms with Crippen LogP contribution < -0.4 is 5.32 Å². The molecule has 16 heavy (non-hydrogen) atoms. The number of benzene rings is 1. The highest BCUT2D eigenvalue weighted by Gasteiger charge is 2.15. The SMILES string of the molecule is Cc1ccc(F)c(NC(=O)OC(C)C)c1F. The van der Waals surface area contributed by atoms with Crippen LogP contribution in [0.25, 0.3) is 0 Å². The van der Waals surface area contributed by atoms with Crippen molar-refractivity contribution in [2.45, 2.75) is 26.9 Å². The Bertz CT molecular complexity index is 405. The molecule has 0 aliphatic carbocycles. The molecule has 0 saturated carbocycles. The predicted molar refractivity (Wildman–Crippen MR) is 56.3 cm³/mol. The summed E-state index contributed by atoms with van der Waals surface area (Å²) in [5.41, 5.74) is -0.230. The van der Waals surface area contributed by atoms with E-state index in [1.807, 2.05) is 5.32 Å². The van der Waals surface area contributed by atoms with E-state index in [1.165, 1.54) is 13.0 Å². The topological polar surface area (TPSA) is 38.3 Å². The quantitative estimate of drug-likeness (QED) is 0.845. The van der Waals surface area contributed by atoms with Gasteiger partial charge >= 0.3 is 6.09 Å². The molecule has 88 valence electrons. The van der Waals surface area contributed by atoms with E-state index in [0.717, 1.165) is 6.07 Å². The fourth-order valence-electron chi connectivity index (χ4n) is 1.12. The third-order valence-electron chi connectivity index (χ3n) is 1.85. The summed E-state index contributed by atoms with van der Waals surface area (Å²) >= 11 is 0. The minimum absolute atomic E-state index is 0.251. The van der Waals surface area contributed by atoms with E-state index >= 15 is 0 Å². The van der Waals surface area contributed by atoms with Crippen LogP contribution in [0.1, 0.15) is 19.4 Å². The van der Waals surface area contributed by atoms with Crippen molar-refractivity contribution in [3.63, 3.8) is 0 Å². The van der Waals surface area contributed by atoms with Gasteiger partial charge in [-0.3, -0.25) is 5.32 Å². The van der Waals surface area contributed by atoms with Crippen molar-refractivity contribution in [3.8, 4) is 0 Å². The van der Waals surface area contributed by atoms with Crippen LogP contribution in [0.4, 0.5) is 19.3 Å². The fraction of sp³-hybridized carbons (Fsp3) is 0.364. The maximum absolute atomic E-state index is 13.4. The van der Waals surface area contributed by atoms with Gasteiger partial charge in [-0.05, 0) is 32.4 Å². The number of nitrogens with one attached hydrogen (secondary N) is 1. The molecule has 0 heterocycles. The Morgan fingerprint density at radius 3 is 2.56 bits per heavy atom. The normalized spacial score (nSPS) is 10.4. The summed E-state index contributed by atoms with van der Waals surface area (Å²) in [4.78, 5) is 11.2. The van der Waals surface area contributed by atoms with E-state index in [-0.39, 0.29) is 11.7 Å². The van der Waals surface area contributed by atoms with Gasteiger partial charge in [0.1, 0.15) is 11.5 Å². The van der Waals surface area contributed by atoms with Crippen molar-refractivity contribution in [2.24, 2.45) is 0 Å². The molecule has 1 rings (SSSR count). The summed E-state index contributed by atoms with van der Waals surface area (Å²) in [6, 6.07) is 2.38. The zero-order valence-corrected chi connectivity index (χ0v) is 9.30. The average molecular weight is 229 g/mol. The monoisotopic (exact) mass is 229 g/mol. The summed E-state index contributed by atoms with van der Waals surface area (Å²) in [5.74, 6) is -1.62. The lowest BCUT2D eigenvalue weighted by Gasteiger charge is -2.11. The van der Waals surface area contributed by atoms with Gasteiger partial charge in [0.2, 0.25) is 0 Å². The Kier molecular flexibility index (Phi) is 3.82. The van der Waals surface area contributed by atoms with Gasteiger partial charge in [-0.15, -0.1) is 0 Å². The highest BCUT2D eigenvalue weighted by molar-refractivity contribution is 5.85. The zero-order valence-electron chi connectivity index (χ0n) is 9.30.